The zero-order valence-electron chi connectivity index (χ0n) is 11.9. The summed E-state index contributed by atoms with van der Waals surface area (Å²) < 4.78 is 25.0. The maximum absolute atomic E-state index is 13.7. The molecule has 2 atom stereocenters. The Hall–Kier alpha value is -0.650. The summed E-state index contributed by atoms with van der Waals surface area (Å²) in [4.78, 5) is 0. The molecule has 1 aliphatic heterocycles. The van der Waals surface area contributed by atoms with Gasteiger partial charge in [0.05, 0.1) is 18.2 Å². The summed E-state index contributed by atoms with van der Waals surface area (Å²) >= 11 is 3.26. The van der Waals surface area contributed by atoms with E-state index in [0.29, 0.717) is 16.1 Å². The lowest BCUT2D eigenvalue weighted by atomic mass is 9.91. The molecule has 0 amide bonds. The highest BCUT2D eigenvalue weighted by Gasteiger charge is 2.29. The lowest BCUT2D eigenvalue weighted by Crippen LogP contribution is -2.29. The summed E-state index contributed by atoms with van der Waals surface area (Å²) in [6.45, 7) is 4.57. The molecule has 0 saturated carbocycles. The largest absolute Gasteiger partial charge is 0.496 e. The minimum atomic E-state index is -0.303. The van der Waals surface area contributed by atoms with Crippen molar-refractivity contribution in [3.63, 3.8) is 0 Å². The lowest BCUT2D eigenvalue weighted by molar-refractivity contribution is 0.176. The van der Waals surface area contributed by atoms with Crippen LogP contribution >= 0.6 is 15.9 Å². The van der Waals surface area contributed by atoms with Crippen molar-refractivity contribution < 1.29 is 13.9 Å². The van der Waals surface area contributed by atoms with Crippen molar-refractivity contribution >= 4 is 15.9 Å². The van der Waals surface area contributed by atoms with E-state index in [1.54, 1.807) is 7.11 Å². The quantitative estimate of drug-likeness (QED) is 0.853. The number of methoxy groups -OCH3 is 1. The number of halogens is 2. The molecule has 0 bridgehead atoms. The zero-order chi connectivity index (χ0) is 14.5. The molecule has 2 unspecified atom stereocenters. The normalized spacial score (nSPS) is 20.1. The zero-order valence-corrected chi connectivity index (χ0v) is 13.5. The smallest absolute Gasteiger partial charge is 0.141 e. The van der Waals surface area contributed by atoms with Gasteiger partial charge in [0.2, 0.25) is 0 Å². The van der Waals surface area contributed by atoms with Gasteiger partial charge in [0.25, 0.3) is 0 Å². The molecule has 2 rings (SSSR count). The third-order valence-electron chi connectivity index (χ3n) is 3.66. The highest BCUT2D eigenvalue weighted by Crippen LogP contribution is 2.37. The van der Waals surface area contributed by atoms with Crippen molar-refractivity contribution in [2.24, 2.45) is 5.92 Å². The van der Waals surface area contributed by atoms with Crippen LogP contribution in [0.15, 0.2) is 16.6 Å². The van der Waals surface area contributed by atoms with Crippen molar-refractivity contribution in [3.8, 4) is 5.75 Å². The van der Waals surface area contributed by atoms with E-state index in [4.69, 9.17) is 9.47 Å². The summed E-state index contributed by atoms with van der Waals surface area (Å²) in [5.74, 6) is 0.682. The second kappa shape index (κ2) is 7.38. The van der Waals surface area contributed by atoms with Crippen molar-refractivity contribution in [2.75, 3.05) is 26.9 Å². The van der Waals surface area contributed by atoms with Crippen LogP contribution in [0.25, 0.3) is 0 Å². The topological polar surface area (TPSA) is 30.5 Å². The summed E-state index contributed by atoms with van der Waals surface area (Å²) in [6.07, 6.45) is 2.06. The van der Waals surface area contributed by atoms with Gasteiger partial charge in [-0.1, -0.05) is 6.92 Å². The van der Waals surface area contributed by atoms with Crippen LogP contribution < -0.4 is 10.1 Å². The van der Waals surface area contributed by atoms with Gasteiger partial charge < -0.3 is 14.8 Å². The van der Waals surface area contributed by atoms with Crippen LogP contribution in [0.5, 0.6) is 5.75 Å². The Morgan fingerprint density at radius 1 is 1.55 bits per heavy atom. The second-order valence-electron chi connectivity index (χ2n) is 5.06. The molecule has 1 aliphatic rings. The summed E-state index contributed by atoms with van der Waals surface area (Å²) in [6, 6.07) is 3.39. The molecule has 0 spiro atoms. The third kappa shape index (κ3) is 3.51. The van der Waals surface area contributed by atoms with Crippen molar-refractivity contribution in [1.29, 1.82) is 0 Å². The minimum Gasteiger partial charge on any atom is -0.496 e. The molecule has 1 aromatic carbocycles. The van der Waals surface area contributed by atoms with Gasteiger partial charge in [0.1, 0.15) is 11.6 Å². The van der Waals surface area contributed by atoms with E-state index < -0.39 is 0 Å². The van der Waals surface area contributed by atoms with Gasteiger partial charge in [0.15, 0.2) is 0 Å². The predicted molar refractivity (Wildman–Crippen MR) is 80.6 cm³/mol. The van der Waals surface area contributed by atoms with Crippen LogP contribution in [0, 0.1) is 11.7 Å². The Balaban J connectivity index is 2.33. The van der Waals surface area contributed by atoms with Crippen LogP contribution in [0.1, 0.15) is 31.4 Å². The van der Waals surface area contributed by atoms with Gasteiger partial charge in [-0.3, -0.25) is 0 Å². The van der Waals surface area contributed by atoms with Crippen LogP contribution in [0.4, 0.5) is 4.39 Å². The number of rotatable bonds is 6. The van der Waals surface area contributed by atoms with E-state index in [-0.39, 0.29) is 11.9 Å². The number of hydrogen-bond donors (Lipinski definition) is 1. The van der Waals surface area contributed by atoms with E-state index in [0.717, 1.165) is 38.2 Å². The first kappa shape index (κ1) is 15.7. The van der Waals surface area contributed by atoms with Crippen LogP contribution in [-0.4, -0.2) is 26.9 Å². The summed E-state index contributed by atoms with van der Waals surface area (Å²) in [5.41, 5.74) is 0.990. The first-order valence-electron chi connectivity index (χ1n) is 7.01. The lowest BCUT2D eigenvalue weighted by Gasteiger charge is -2.26. The Morgan fingerprint density at radius 2 is 2.35 bits per heavy atom. The number of hydrogen-bond acceptors (Lipinski definition) is 3. The molecule has 1 fully saturated rings. The molecule has 1 saturated heterocycles. The van der Waals surface area contributed by atoms with E-state index >= 15 is 0 Å². The average Bonchev–Trinajstić information content (AvgIpc) is 2.96. The highest BCUT2D eigenvalue weighted by atomic mass is 79.9. The van der Waals surface area contributed by atoms with Gasteiger partial charge >= 0.3 is 0 Å². The summed E-state index contributed by atoms with van der Waals surface area (Å²) in [5, 5.41) is 3.55. The van der Waals surface area contributed by atoms with E-state index in [1.165, 1.54) is 6.07 Å². The number of ether oxygens (including phenoxy) is 2. The molecule has 5 heteroatoms. The molecular formula is C15H21BrFNO2. The van der Waals surface area contributed by atoms with Crippen molar-refractivity contribution in [3.05, 3.63) is 28.0 Å². The third-order valence-corrected chi connectivity index (χ3v) is 4.27. The molecule has 1 N–H and O–H groups in total. The molecule has 0 aromatic heterocycles. The Morgan fingerprint density at radius 3 is 2.95 bits per heavy atom. The maximum Gasteiger partial charge on any atom is 0.141 e. The highest BCUT2D eigenvalue weighted by molar-refractivity contribution is 9.10. The number of nitrogens with one attached hydrogen (secondary N) is 1. The van der Waals surface area contributed by atoms with Gasteiger partial charge in [0, 0.05) is 30.2 Å². The second-order valence-corrected chi connectivity index (χ2v) is 5.92. The first-order valence-corrected chi connectivity index (χ1v) is 7.80. The molecule has 112 valence electrons. The molecule has 20 heavy (non-hydrogen) atoms. The predicted octanol–water partition coefficient (Wildman–Crippen LogP) is 3.67. The van der Waals surface area contributed by atoms with Crippen LogP contribution in [0.2, 0.25) is 0 Å². The molecule has 1 heterocycles. The van der Waals surface area contributed by atoms with Crippen molar-refractivity contribution in [1.82, 2.24) is 5.32 Å². The average molecular weight is 346 g/mol. The fraction of sp³-hybridized carbons (Fsp3) is 0.600. The fourth-order valence-corrected chi connectivity index (χ4v) is 2.97. The monoisotopic (exact) mass is 345 g/mol. The molecule has 0 aliphatic carbocycles. The molecular weight excluding hydrogens is 325 g/mol. The molecule has 0 radical (unpaired) electrons. The van der Waals surface area contributed by atoms with E-state index in [1.807, 2.05) is 6.07 Å². The van der Waals surface area contributed by atoms with Crippen LogP contribution in [0.3, 0.4) is 0 Å². The van der Waals surface area contributed by atoms with Gasteiger partial charge in [-0.15, -0.1) is 0 Å². The van der Waals surface area contributed by atoms with E-state index in [2.05, 4.69) is 28.2 Å². The van der Waals surface area contributed by atoms with Crippen molar-refractivity contribution in [2.45, 2.75) is 25.8 Å². The Bertz CT molecular complexity index is 450. The van der Waals surface area contributed by atoms with Gasteiger partial charge in [-0.25, -0.2) is 4.39 Å². The molecule has 3 nitrogen and oxygen atoms in total. The standard InChI is InChI=1S/C15H21BrFNO2/c1-3-5-18-15(10-4-6-20-9-10)11-7-12(16)13(17)8-14(11)19-2/h7-8,10,15,18H,3-6,9H2,1-2H3. The Labute approximate surface area is 128 Å². The van der Waals surface area contributed by atoms with E-state index in [9.17, 15) is 4.39 Å². The minimum absolute atomic E-state index is 0.129. The maximum atomic E-state index is 13.7. The molecule has 1 aromatic rings. The first-order chi connectivity index (χ1) is 9.67. The summed E-state index contributed by atoms with van der Waals surface area (Å²) in [7, 11) is 1.58. The SMILES string of the molecule is CCCNC(c1cc(Br)c(F)cc1OC)C1CCOC1. The number of benzene rings is 1. The Kier molecular flexibility index (Phi) is 5.81. The van der Waals surface area contributed by atoms with Crippen LogP contribution in [-0.2, 0) is 4.74 Å². The van der Waals surface area contributed by atoms with Gasteiger partial charge in [-0.05, 0) is 41.4 Å². The fourth-order valence-electron chi connectivity index (χ4n) is 2.61. The van der Waals surface area contributed by atoms with Gasteiger partial charge in [-0.2, -0.15) is 0 Å².